The second kappa shape index (κ2) is 5.33. The number of nitrogen functional groups attached to an aromatic ring is 1. The van der Waals surface area contributed by atoms with Crippen LogP contribution in [0.1, 0.15) is 36.2 Å². The Kier molecular flexibility index (Phi) is 3.16. The van der Waals surface area contributed by atoms with Gasteiger partial charge in [-0.1, -0.05) is 6.07 Å². The van der Waals surface area contributed by atoms with Crippen molar-refractivity contribution in [1.82, 2.24) is 19.3 Å². The van der Waals surface area contributed by atoms with Crippen molar-refractivity contribution in [2.75, 3.05) is 25.9 Å². The fourth-order valence-corrected chi connectivity index (χ4v) is 4.13. The summed E-state index contributed by atoms with van der Waals surface area (Å²) in [6.07, 6.45) is 6.49. The highest BCUT2D eigenvalue weighted by atomic mass is 16.5. The minimum Gasteiger partial charge on any atom is -0.494 e. The third-order valence-corrected chi connectivity index (χ3v) is 5.76. The fourth-order valence-electron chi connectivity index (χ4n) is 4.13. The lowest BCUT2D eigenvalue weighted by Crippen LogP contribution is -2.40. The molecule has 0 radical (unpaired) electrons. The Morgan fingerprint density at radius 3 is 2.88 bits per heavy atom. The van der Waals surface area contributed by atoms with Gasteiger partial charge in [0.15, 0.2) is 0 Å². The number of nitrogens with zero attached hydrogens (tertiary/aromatic N) is 4. The Balaban J connectivity index is 1.60. The molecule has 5 rings (SSSR count). The Hall–Kier alpha value is -2.83. The third kappa shape index (κ3) is 2.23. The van der Waals surface area contributed by atoms with Crippen LogP contribution >= 0.6 is 0 Å². The molecule has 1 aromatic carbocycles. The topological polar surface area (TPSA) is 85.8 Å². The summed E-state index contributed by atoms with van der Waals surface area (Å²) in [5.41, 5.74) is 8.21. The molecule has 0 bridgehead atoms. The van der Waals surface area contributed by atoms with Gasteiger partial charge in [-0.05, 0) is 43.2 Å². The van der Waals surface area contributed by atoms with E-state index in [0.29, 0.717) is 34.0 Å². The van der Waals surface area contributed by atoms with E-state index in [-0.39, 0.29) is 5.91 Å². The SMILES string of the molecule is COc1cccc2c1nc(N)n1cc(C(=O)N3CCCC4(CC4)C3)nc21. The number of piperidine rings is 1. The van der Waals surface area contributed by atoms with E-state index < -0.39 is 0 Å². The maximum atomic E-state index is 13.0. The molecule has 1 saturated carbocycles. The number of benzene rings is 1. The number of imidazole rings is 1. The number of hydrogen-bond acceptors (Lipinski definition) is 5. The molecule has 26 heavy (non-hydrogen) atoms. The summed E-state index contributed by atoms with van der Waals surface area (Å²) in [5.74, 6) is 0.912. The molecule has 0 atom stereocenters. The standard InChI is InChI=1S/C19H21N5O2/c1-26-14-5-2-4-12-15(14)22-18(20)24-10-13(21-16(12)24)17(25)23-9-3-6-19(11-23)7-8-19/h2,4-5,10H,3,6-9,11H2,1H3,(H2,20,22). The van der Waals surface area contributed by atoms with Gasteiger partial charge in [0.2, 0.25) is 5.95 Å². The molecule has 0 unspecified atom stereocenters. The zero-order valence-electron chi connectivity index (χ0n) is 14.7. The Morgan fingerprint density at radius 1 is 1.27 bits per heavy atom. The smallest absolute Gasteiger partial charge is 0.274 e. The number of carbonyl (C=O) groups excluding carboxylic acids is 1. The van der Waals surface area contributed by atoms with Crippen molar-refractivity contribution in [3.8, 4) is 5.75 Å². The molecule has 2 aromatic heterocycles. The van der Waals surface area contributed by atoms with Gasteiger partial charge in [-0.3, -0.25) is 9.20 Å². The lowest BCUT2D eigenvalue weighted by atomic mass is 9.95. The summed E-state index contributed by atoms with van der Waals surface area (Å²) >= 11 is 0. The number of amides is 1. The Morgan fingerprint density at radius 2 is 2.12 bits per heavy atom. The number of fused-ring (bicyclic) bond motifs is 3. The van der Waals surface area contributed by atoms with Crippen LogP contribution in [0.5, 0.6) is 5.75 Å². The van der Waals surface area contributed by atoms with Gasteiger partial charge in [-0.2, -0.15) is 0 Å². The summed E-state index contributed by atoms with van der Waals surface area (Å²) in [6, 6.07) is 5.64. The molecule has 2 fully saturated rings. The highest BCUT2D eigenvalue weighted by molar-refractivity contribution is 5.99. The second-order valence-corrected chi connectivity index (χ2v) is 7.48. The molecule has 1 aliphatic carbocycles. The average molecular weight is 351 g/mol. The van der Waals surface area contributed by atoms with Crippen LogP contribution in [0, 0.1) is 5.41 Å². The first-order valence-electron chi connectivity index (χ1n) is 9.01. The largest absolute Gasteiger partial charge is 0.494 e. The van der Waals surface area contributed by atoms with Crippen molar-refractivity contribution in [3.05, 3.63) is 30.1 Å². The van der Waals surface area contributed by atoms with Gasteiger partial charge < -0.3 is 15.4 Å². The van der Waals surface area contributed by atoms with Gasteiger partial charge in [0.05, 0.1) is 7.11 Å². The number of para-hydroxylation sites is 1. The second-order valence-electron chi connectivity index (χ2n) is 7.48. The molecule has 7 nitrogen and oxygen atoms in total. The molecule has 1 spiro atoms. The van der Waals surface area contributed by atoms with E-state index in [1.807, 2.05) is 23.1 Å². The number of rotatable bonds is 2. The number of ether oxygens (including phenoxy) is 1. The highest BCUT2D eigenvalue weighted by Crippen LogP contribution is 2.52. The van der Waals surface area contributed by atoms with Crippen LogP contribution in [0.15, 0.2) is 24.4 Å². The Labute approximate surface area is 150 Å². The van der Waals surface area contributed by atoms with Gasteiger partial charge in [0, 0.05) is 24.7 Å². The molecule has 2 aliphatic rings. The van der Waals surface area contributed by atoms with Crippen molar-refractivity contribution in [1.29, 1.82) is 0 Å². The van der Waals surface area contributed by atoms with Gasteiger partial charge in [0.25, 0.3) is 5.91 Å². The quantitative estimate of drug-likeness (QED) is 0.767. The van der Waals surface area contributed by atoms with E-state index in [0.717, 1.165) is 24.9 Å². The summed E-state index contributed by atoms with van der Waals surface area (Å²) in [5, 5.41) is 0.815. The van der Waals surface area contributed by atoms with Crippen molar-refractivity contribution < 1.29 is 9.53 Å². The molecule has 2 N–H and O–H groups in total. The summed E-state index contributed by atoms with van der Waals surface area (Å²) < 4.78 is 7.07. The van der Waals surface area contributed by atoms with Crippen molar-refractivity contribution >= 4 is 28.4 Å². The summed E-state index contributed by atoms with van der Waals surface area (Å²) in [6.45, 7) is 1.65. The molecule has 3 heterocycles. The molecular formula is C19H21N5O2. The van der Waals surface area contributed by atoms with Crippen LogP contribution in [-0.2, 0) is 0 Å². The predicted octanol–water partition coefficient (Wildman–Crippen LogP) is 2.49. The molecular weight excluding hydrogens is 330 g/mol. The van der Waals surface area contributed by atoms with Crippen molar-refractivity contribution in [3.63, 3.8) is 0 Å². The number of aromatic nitrogens is 3. The minimum atomic E-state index is -0.0184. The summed E-state index contributed by atoms with van der Waals surface area (Å²) in [7, 11) is 1.60. The van der Waals surface area contributed by atoms with E-state index in [4.69, 9.17) is 10.5 Å². The Bertz CT molecular complexity index is 1040. The fraction of sp³-hybridized carbons (Fsp3) is 0.421. The number of carbonyl (C=O) groups is 1. The van der Waals surface area contributed by atoms with Crippen molar-refractivity contribution in [2.24, 2.45) is 5.41 Å². The lowest BCUT2D eigenvalue weighted by molar-refractivity contribution is 0.0649. The lowest BCUT2D eigenvalue weighted by Gasteiger charge is -2.32. The predicted molar refractivity (Wildman–Crippen MR) is 98.3 cm³/mol. The van der Waals surface area contributed by atoms with E-state index in [1.54, 1.807) is 17.7 Å². The molecule has 3 aromatic rings. The average Bonchev–Trinajstić information content (AvgIpc) is 3.23. The van der Waals surface area contributed by atoms with Gasteiger partial charge >= 0.3 is 0 Å². The first kappa shape index (κ1) is 15.4. The van der Waals surface area contributed by atoms with Crippen molar-refractivity contribution in [2.45, 2.75) is 25.7 Å². The van der Waals surface area contributed by atoms with Gasteiger partial charge in [0.1, 0.15) is 22.6 Å². The number of nitrogens with two attached hydrogens (primary N) is 1. The zero-order valence-corrected chi connectivity index (χ0v) is 14.7. The summed E-state index contributed by atoms with van der Waals surface area (Å²) in [4.78, 5) is 24.0. The normalized spacial score (nSPS) is 18.6. The molecule has 7 heteroatoms. The zero-order chi connectivity index (χ0) is 17.9. The molecule has 1 amide bonds. The van der Waals surface area contributed by atoms with Crippen LogP contribution in [-0.4, -0.2) is 45.4 Å². The van der Waals surface area contributed by atoms with Crippen LogP contribution in [0.4, 0.5) is 5.95 Å². The highest BCUT2D eigenvalue weighted by Gasteiger charge is 2.46. The molecule has 134 valence electrons. The first-order chi connectivity index (χ1) is 12.6. The van der Waals surface area contributed by atoms with Gasteiger partial charge in [-0.15, -0.1) is 0 Å². The first-order valence-corrected chi connectivity index (χ1v) is 9.01. The molecule has 1 aliphatic heterocycles. The number of methoxy groups -OCH3 is 1. The van der Waals surface area contributed by atoms with E-state index in [1.165, 1.54) is 19.3 Å². The number of hydrogen-bond donors (Lipinski definition) is 1. The number of anilines is 1. The van der Waals surface area contributed by atoms with Crippen LogP contribution < -0.4 is 10.5 Å². The van der Waals surface area contributed by atoms with E-state index in [9.17, 15) is 4.79 Å². The van der Waals surface area contributed by atoms with Gasteiger partial charge in [-0.25, -0.2) is 9.97 Å². The van der Waals surface area contributed by atoms with Crippen LogP contribution in [0.2, 0.25) is 0 Å². The third-order valence-electron chi connectivity index (χ3n) is 5.76. The minimum absolute atomic E-state index is 0.0184. The van der Waals surface area contributed by atoms with E-state index in [2.05, 4.69) is 9.97 Å². The van der Waals surface area contributed by atoms with Crippen LogP contribution in [0.25, 0.3) is 16.6 Å². The maximum absolute atomic E-state index is 13.0. The number of likely N-dealkylation sites (tertiary alicyclic amines) is 1. The van der Waals surface area contributed by atoms with E-state index >= 15 is 0 Å². The monoisotopic (exact) mass is 351 g/mol. The molecule has 1 saturated heterocycles. The maximum Gasteiger partial charge on any atom is 0.274 e. The van der Waals surface area contributed by atoms with Crippen LogP contribution in [0.3, 0.4) is 0 Å².